The molecule has 1 aromatic carbocycles. The van der Waals surface area contributed by atoms with Crippen LogP contribution in [0.15, 0.2) is 36.9 Å². The van der Waals surface area contributed by atoms with Gasteiger partial charge in [0.05, 0.1) is 35.2 Å². The number of pyridine rings is 1. The largest absolute Gasteiger partial charge is 0.367 e. The highest BCUT2D eigenvalue weighted by molar-refractivity contribution is 5.96. The predicted octanol–water partition coefficient (Wildman–Crippen LogP) is 3.15. The lowest BCUT2D eigenvalue weighted by Gasteiger charge is -2.22. The number of hydrogen-bond acceptors (Lipinski definition) is 5. The van der Waals surface area contributed by atoms with E-state index in [4.69, 9.17) is 0 Å². The van der Waals surface area contributed by atoms with Crippen molar-refractivity contribution in [2.75, 3.05) is 11.9 Å². The molecule has 3 aromatic rings. The van der Waals surface area contributed by atoms with E-state index in [0.29, 0.717) is 12.1 Å². The smallest absolute Gasteiger partial charge is 0.103 e. The number of rotatable bonds is 3. The normalized spacial score (nSPS) is 10.5. The van der Waals surface area contributed by atoms with Crippen LogP contribution in [-0.4, -0.2) is 22.0 Å². The summed E-state index contributed by atoms with van der Waals surface area (Å²) in [4.78, 5) is 14.9. The van der Waals surface area contributed by atoms with Crippen molar-refractivity contribution >= 4 is 16.6 Å². The van der Waals surface area contributed by atoms with E-state index >= 15 is 0 Å². The quantitative estimate of drug-likeness (QED) is 0.743. The Morgan fingerprint density at radius 1 is 1.13 bits per heavy atom. The monoisotopic (exact) mass is 303 g/mol. The standard InChI is InChI=1S/C18H17N5/c1-12-6-13(2)17-16(7-12)18(14(8-19)9-22-17)23(3)11-15-10-20-4-5-21-15/h4-7,9-10H,11H2,1-3H3. The number of fused-ring (bicyclic) bond motifs is 1. The highest BCUT2D eigenvalue weighted by atomic mass is 15.1. The molecule has 0 atom stereocenters. The van der Waals surface area contributed by atoms with Crippen LogP contribution in [0.2, 0.25) is 0 Å². The van der Waals surface area contributed by atoms with Crippen LogP contribution in [-0.2, 0) is 6.54 Å². The van der Waals surface area contributed by atoms with Crippen molar-refractivity contribution in [3.63, 3.8) is 0 Å². The number of nitrogens with zero attached hydrogens (tertiary/aromatic N) is 5. The fraction of sp³-hybridized carbons (Fsp3) is 0.222. The van der Waals surface area contributed by atoms with Crippen LogP contribution >= 0.6 is 0 Å². The Labute approximate surface area is 135 Å². The molecule has 2 heterocycles. The van der Waals surface area contributed by atoms with Gasteiger partial charge in [0.15, 0.2) is 0 Å². The molecule has 2 aromatic heterocycles. The van der Waals surface area contributed by atoms with Crippen LogP contribution in [0.3, 0.4) is 0 Å². The zero-order valence-electron chi connectivity index (χ0n) is 13.4. The summed E-state index contributed by atoms with van der Waals surface area (Å²) in [5, 5.41) is 10.5. The molecule has 0 bridgehead atoms. The van der Waals surface area contributed by atoms with E-state index in [9.17, 15) is 5.26 Å². The molecule has 0 amide bonds. The first-order chi connectivity index (χ1) is 11.1. The van der Waals surface area contributed by atoms with Gasteiger partial charge in [0.25, 0.3) is 0 Å². The van der Waals surface area contributed by atoms with E-state index in [2.05, 4.69) is 40.1 Å². The van der Waals surface area contributed by atoms with Crippen LogP contribution < -0.4 is 4.90 Å². The number of anilines is 1. The van der Waals surface area contributed by atoms with Gasteiger partial charge in [-0.3, -0.25) is 15.0 Å². The molecule has 0 aliphatic rings. The van der Waals surface area contributed by atoms with Gasteiger partial charge in [0, 0.05) is 31.0 Å². The van der Waals surface area contributed by atoms with E-state index < -0.39 is 0 Å². The Morgan fingerprint density at radius 3 is 2.65 bits per heavy atom. The molecular formula is C18H17N5. The number of aryl methyl sites for hydroxylation is 2. The molecule has 0 saturated carbocycles. The zero-order valence-corrected chi connectivity index (χ0v) is 13.4. The Kier molecular flexibility index (Phi) is 3.90. The molecule has 23 heavy (non-hydrogen) atoms. The summed E-state index contributed by atoms with van der Waals surface area (Å²) >= 11 is 0. The van der Waals surface area contributed by atoms with Crippen molar-refractivity contribution in [2.45, 2.75) is 20.4 Å². The fourth-order valence-electron chi connectivity index (χ4n) is 2.87. The number of benzene rings is 1. The van der Waals surface area contributed by atoms with Crippen molar-refractivity contribution in [2.24, 2.45) is 0 Å². The Hall–Kier alpha value is -3.00. The van der Waals surface area contributed by atoms with E-state index in [1.165, 1.54) is 0 Å². The fourth-order valence-corrected chi connectivity index (χ4v) is 2.87. The van der Waals surface area contributed by atoms with Crippen molar-refractivity contribution < 1.29 is 0 Å². The van der Waals surface area contributed by atoms with Crippen LogP contribution in [0.5, 0.6) is 0 Å². The zero-order chi connectivity index (χ0) is 16.4. The summed E-state index contributed by atoms with van der Waals surface area (Å²) in [5.41, 5.74) is 5.49. The lowest BCUT2D eigenvalue weighted by Crippen LogP contribution is -2.19. The third-order valence-corrected chi connectivity index (χ3v) is 3.80. The van der Waals surface area contributed by atoms with Crippen LogP contribution in [0.25, 0.3) is 10.9 Å². The first-order valence-corrected chi connectivity index (χ1v) is 7.36. The summed E-state index contributed by atoms with van der Waals surface area (Å²) in [6.45, 7) is 4.67. The maximum absolute atomic E-state index is 9.49. The molecule has 0 N–H and O–H groups in total. The minimum absolute atomic E-state index is 0.564. The predicted molar refractivity (Wildman–Crippen MR) is 90.1 cm³/mol. The van der Waals surface area contributed by atoms with Gasteiger partial charge in [-0.05, 0) is 25.5 Å². The number of nitriles is 1. The molecule has 5 nitrogen and oxygen atoms in total. The molecule has 0 saturated heterocycles. The SMILES string of the molecule is Cc1cc(C)c2ncc(C#N)c(N(C)Cc3cnccn3)c2c1. The second-order valence-electron chi connectivity index (χ2n) is 5.66. The highest BCUT2D eigenvalue weighted by Crippen LogP contribution is 2.31. The van der Waals surface area contributed by atoms with Crippen molar-refractivity contribution in [1.29, 1.82) is 5.26 Å². The van der Waals surface area contributed by atoms with Gasteiger partial charge in [-0.1, -0.05) is 11.6 Å². The topological polar surface area (TPSA) is 65.7 Å². The Bertz CT molecular complexity index is 897. The van der Waals surface area contributed by atoms with Crippen LogP contribution in [0.1, 0.15) is 22.4 Å². The maximum Gasteiger partial charge on any atom is 0.103 e. The molecule has 0 spiro atoms. The molecule has 0 fully saturated rings. The molecular weight excluding hydrogens is 286 g/mol. The molecule has 0 aliphatic heterocycles. The average Bonchev–Trinajstić information content (AvgIpc) is 2.54. The summed E-state index contributed by atoms with van der Waals surface area (Å²) in [5.74, 6) is 0. The third kappa shape index (κ3) is 2.84. The minimum atomic E-state index is 0.564. The van der Waals surface area contributed by atoms with Crippen LogP contribution in [0, 0.1) is 25.2 Å². The lowest BCUT2D eigenvalue weighted by molar-refractivity contribution is 0.874. The molecule has 0 aliphatic carbocycles. The summed E-state index contributed by atoms with van der Waals surface area (Å²) in [6, 6.07) is 6.44. The van der Waals surface area contributed by atoms with Crippen molar-refractivity contribution in [3.8, 4) is 6.07 Å². The Balaban J connectivity index is 2.16. The second kappa shape index (κ2) is 6.01. The van der Waals surface area contributed by atoms with Gasteiger partial charge >= 0.3 is 0 Å². The van der Waals surface area contributed by atoms with E-state index in [1.807, 2.05) is 18.9 Å². The first kappa shape index (κ1) is 14.9. The second-order valence-corrected chi connectivity index (χ2v) is 5.66. The third-order valence-electron chi connectivity index (χ3n) is 3.80. The van der Waals surface area contributed by atoms with Gasteiger partial charge < -0.3 is 4.90 Å². The first-order valence-electron chi connectivity index (χ1n) is 7.36. The van der Waals surface area contributed by atoms with Crippen LogP contribution in [0.4, 0.5) is 5.69 Å². The van der Waals surface area contributed by atoms with E-state index in [1.54, 1.807) is 24.8 Å². The molecule has 5 heteroatoms. The molecule has 114 valence electrons. The van der Waals surface area contributed by atoms with E-state index in [-0.39, 0.29) is 0 Å². The lowest BCUT2D eigenvalue weighted by atomic mass is 10.0. The maximum atomic E-state index is 9.49. The van der Waals surface area contributed by atoms with Gasteiger partial charge in [-0.2, -0.15) is 5.26 Å². The van der Waals surface area contributed by atoms with Crippen molar-refractivity contribution in [3.05, 3.63) is 59.3 Å². The summed E-state index contributed by atoms with van der Waals surface area (Å²) < 4.78 is 0. The van der Waals surface area contributed by atoms with Gasteiger partial charge in [0.1, 0.15) is 6.07 Å². The number of hydrogen-bond donors (Lipinski definition) is 0. The molecule has 0 unspecified atom stereocenters. The van der Waals surface area contributed by atoms with Gasteiger partial charge in [0.2, 0.25) is 0 Å². The summed E-state index contributed by atoms with van der Waals surface area (Å²) in [7, 11) is 1.96. The van der Waals surface area contributed by atoms with Crippen molar-refractivity contribution in [1.82, 2.24) is 15.0 Å². The van der Waals surface area contributed by atoms with Gasteiger partial charge in [-0.15, -0.1) is 0 Å². The summed E-state index contributed by atoms with van der Waals surface area (Å²) in [6.07, 6.45) is 6.71. The average molecular weight is 303 g/mol. The Morgan fingerprint density at radius 2 is 1.96 bits per heavy atom. The number of aromatic nitrogens is 3. The van der Waals surface area contributed by atoms with Gasteiger partial charge in [-0.25, -0.2) is 0 Å². The highest BCUT2D eigenvalue weighted by Gasteiger charge is 2.15. The molecule has 0 radical (unpaired) electrons. The molecule has 3 rings (SSSR count). The van der Waals surface area contributed by atoms with E-state index in [0.717, 1.165) is 33.4 Å². The minimum Gasteiger partial charge on any atom is -0.367 e.